The lowest BCUT2D eigenvalue weighted by atomic mass is 10.3. The number of rotatable bonds is 0. The summed E-state index contributed by atoms with van der Waals surface area (Å²) in [7, 11) is 0. The summed E-state index contributed by atoms with van der Waals surface area (Å²) >= 11 is 0. The number of nitrogens with zero attached hydrogens (tertiary/aromatic N) is 2. The van der Waals surface area contributed by atoms with Crippen molar-refractivity contribution in [1.29, 1.82) is 5.26 Å². The predicted octanol–water partition coefficient (Wildman–Crippen LogP) is 0.983. The summed E-state index contributed by atoms with van der Waals surface area (Å²) in [4.78, 5) is 6.85. The summed E-state index contributed by atoms with van der Waals surface area (Å²) in [5, 5.41) is 8.18. The average molecular weight is 145 g/mol. The molecule has 0 aliphatic carbocycles. The number of nitrogens with one attached hydrogen (secondary N) is 1. The Morgan fingerprint density at radius 3 is 3.09 bits per heavy atom. The molecule has 0 aliphatic heterocycles. The van der Waals surface area contributed by atoms with Gasteiger partial charge in [0, 0.05) is 5.69 Å². The van der Waals surface area contributed by atoms with E-state index in [0.717, 1.165) is 11.4 Å². The van der Waals surface area contributed by atoms with Crippen molar-refractivity contribution in [1.82, 2.24) is 9.97 Å². The van der Waals surface area contributed by atoms with Gasteiger partial charge in [0.1, 0.15) is 5.69 Å². The molecular formula is C8H7N3. The van der Waals surface area contributed by atoms with E-state index in [1.807, 2.05) is 13.0 Å². The molecule has 1 aromatic rings. The van der Waals surface area contributed by atoms with E-state index in [1.165, 1.54) is 0 Å². The molecule has 0 bridgehead atoms. The molecule has 1 aromatic heterocycles. The van der Waals surface area contributed by atoms with E-state index in [0.29, 0.717) is 0 Å². The van der Waals surface area contributed by atoms with E-state index in [-0.39, 0.29) is 6.42 Å². The highest BCUT2D eigenvalue weighted by Gasteiger charge is 1.92. The van der Waals surface area contributed by atoms with Crippen LogP contribution in [0.15, 0.2) is 6.33 Å². The van der Waals surface area contributed by atoms with Crippen LogP contribution in [0.3, 0.4) is 0 Å². The third-order valence-electron chi connectivity index (χ3n) is 1.20. The molecule has 0 spiro atoms. The van der Waals surface area contributed by atoms with E-state index < -0.39 is 0 Å². The van der Waals surface area contributed by atoms with Crippen molar-refractivity contribution in [3.8, 4) is 17.9 Å². The van der Waals surface area contributed by atoms with Gasteiger partial charge in [-0.1, -0.05) is 5.92 Å². The zero-order valence-electron chi connectivity index (χ0n) is 6.18. The molecule has 0 aliphatic rings. The summed E-state index contributed by atoms with van der Waals surface area (Å²) < 4.78 is 0. The molecule has 1 heterocycles. The lowest BCUT2D eigenvalue weighted by Gasteiger charge is -1.80. The molecule has 0 amide bonds. The number of aryl methyl sites for hydroxylation is 1. The van der Waals surface area contributed by atoms with Gasteiger partial charge in [-0.25, -0.2) is 4.98 Å². The van der Waals surface area contributed by atoms with E-state index in [1.54, 1.807) is 6.33 Å². The molecule has 11 heavy (non-hydrogen) atoms. The molecule has 0 unspecified atom stereocenters. The Hall–Kier alpha value is -1.74. The molecule has 1 N–H and O–H groups in total. The number of imidazole rings is 1. The number of nitriles is 1. The van der Waals surface area contributed by atoms with Crippen LogP contribution in [0, 0.1) is 30.1 Å². The SMILES string of the molecule is Cc1[nH]cnc1C#CCC#N. The van der Waals surface area contributed by atoms with Gasteiger partial charge in [-0.3, -0.25) is 0 Å². The minimum atomic E-state index is 0.256. The summed E-state index contributed by atoms with van der Waals surface area (Å²) in [5.41, 5.74) is 1.66. The first-order chi connectivity index (χ1) is 5.34. The zero-order valence-corrected chi connectivity index (χ0v) is 6.18. The Morgan fingerprint density at radius 2 is 2.55 bits per heavy atom. The van der Waals surface area contributed by atoms with Crippen molar-refractivity contribution >= 4 is 0 Å². The Bertz CT molecular complexity index is 332. The fourth-order valence-electron chi connectivity index (χ4n) is 0.652. The van der Waals surface area contributed by atoms with Crippen LogP contribution < -0.4 is 0 Å². The average Bonchev–Trinajstić information content (AvgIpc) is 2.37. The molecule has 0 saturated heterocycles. The van der Waals surface area contributed by atoms with Crippen LogP contribution in [0.1, 0.15) is 17.8 Å². The van der Waals surface area contributed by atoms with Crippen molar-refractivity contribution in [3.63, 3.8) is 0 Å². The molecule has 0 radical (unpaired) electrons. The third kappa shape index (κ3) is 1.84. The van der Waals surface area contributed by atoms with E-state index >= 15 is 0 Å². The van der Waals surface area contributed by atoms with Gasteiger partial charge in [-0.05, 0) is 12.8 Å². The van der Waals surface area contributed by atoms with Crippen LogP contribution in [0.25, 0.3) is 0 Å². The van der Waals surface area contributed by atoms with Crippen molar-refractivity contribution < 1.29 is 0 Å². The van der Waals surface area contributed by atoms with Crippen molar-refractivity contribution in [2.24, 2.45) is 0 Å². The van der Waals surface area contributed by atoms with Gasteiger partial charge < -0.3 is 4.98 Å². The molecule has 3 nitrogen and oxygen atoms in total. The largest absolute Gasteiger partial charge is 0.348 e. The number of aromatic nitrogens is 2. The molecule has 0 atom stereocenters. The number of aromatic amines is 1. The van der Waals surface area contributed by atoms with E-state index in [4.69, 9.17) is 5.26 Å². The summed E-state index contributed by atoms with van der Waals surface area (Å²) in [6, 6.07) is 1.94. The predicted molar refractivity (Wildman–Crippen MR) is 40.4 cm³/mol. The molecule has 1 rings (SSSR count). The van der Waals surface area contributed by atoms with Crippen LogP contribution >= 0.6 is 0 Å². The standard InChI is InChI=1S/C8H7N3/c1-7-8(11-6-10-7)4-2-3-5-9/h6H,3H2,1H3,(H,10,11). The summed E-state index contributed by atoms with van der Waals surface area (Å²) in [5.74, 6) is 5.46. The van der Waals surface area contributed by atoms with Gasteiger partial charge in [0.05, 0.1) is 18.8 Å². The maximum atomic E-state index is 8.18. The second-order valence-corrected chi connectivity index (χ2v) is 2.01. The fourth-order valence-corrected chi connectivity index (χ4v) is 0.652. The zero-order chi connectivity index (χ0) is 8.10. The van der Waals surface area contributed by atoms with E-state index in [9.17, 15) is 0 Å². The summed E-state index contributed by atoms with van der Waals surface area (Å²) in [6.45, 7) is 1.89. The lowest BCUT2D eigenvalue weighted by molar-refractivity contribution is 1.25. The van der Waals surface area contributed by atoms with Crippen molar-refractivity contribution in [2.75, 3.05) is 0 Å². The number of H-pyrrole nitrogens is 1. The molecule has 54 valence electrons. The van der Waals surface area contributed by atoms with Crippen LogP contribution in [-0.4, -0.2) is 9.97 Å². The quantitative estimate of drug-likeness (QED) is 0.553. The molecule has 0 saturated carbocycles. The first-order valence-corrected chi connectivity index (χ1v) is 3.20. The van der Waals surface area contributed by atoms with Crippen molar-refractivity contribution in [2.45, 2.75) is 13.3 Å². The summed E-state index contributed by atoms with van der Waals surface area (Å²) in [6.07, 6.45) is 1.85. The molecular weight excluding hydrogens is 138 g/mol. The maximum Gasteiger partial charge on any atom is 0.133 e. The first kappa shape index (κ1) is 7.37. The van der Waals surface area contributed by atoms with Crippen LogP contribution in [0.5, 0.6) is 0 Å². The third-order valence-corrected chi connectivity index (χ3v) is 1.20. The van der Waals surface area contributed by atoms with Gasteiger partial charge >= 0.3 is 0 Å². The van der Waals surface area contributed by atoms with Crippen molar-refractivity contribution in [3.05, 3.63) is 17.7 Å². The highest BCUT2D eigenvalue weighted by Crippen LogP contribution is 1.96. The first-order valence-electron chi connectivity index (χ1n) is 3.20. The number of hydrogen-bond acceptors (Lipinski definition) is 2. The van der Waals surface area contributed by atoms with Gasteiger partial charge in [0.2, 0.25) is 0 Å². The molecule has 3 heteroatoms. The van der Waals surface area contributed by atoms with Gasteiger partial charge in [0.25, 0.3) is 0 Å². The Labute approximate surface area is 65.1 Å². The Morgan fingerprint density at radius 1 is 1.73 bits per heavy atom. The monoisotopic (exact) mass is 145 g/mol. The van der Waals surface area contributed by atoms with E-state index in [2.05, 4.69) is 21.8 Å². The van der Waals surface area contributed by atoms with Crippen LogP contribution in [0.4, 0.5) is 0 Å². The van der Waals surface area contributed by atoms with Gasteiger partial charge in [0.15, 0.2) is 0 Å². The highest BCUT2D eigenvalue weighted by atomic mass is 14.9. The minimum Gasteiger partial charge on any atom is -0.348 e. The second kappa shape index (κ2) is 3.43. The Balaban J connectivity index is 2.75. The normalized spacial score (nSPS) is 8.00. The lowest BCUT2D eigenvalue weighted by Crippen LogP contribution is -1.77. The minimum absolute atomic E-state index is 0.256. The Kier molecular flexibility index (Phi) is 2.30. The molecule has 0 fully saturated rings. The topological polar surface area (TPSA) is 52.5 Å². The molecule has 0 aromatic carbocycles. The highest BCUT2D eigenvalue weighted by molar-refractivity contribution is 5.31. The fraction of sp³-hybridized carbons (Fsp3) is 0.250. The van der Waals surface area contributed by atoms with Crippen LogP contribution in [-0.2, 0) is 0 Å². The second-order valence-electron chi connectivity index (χ2n) is 2.01. The van der Waals surface area contributed by atoms with Gasteiger partial charge in [-0.2, -0.15) is 5.26 Å². The van der Waals surface area contributed by atoms with Gasteiger partial charge in [-0.15, -0.1) is 0 Å². The number of hydrogen-bond donors (Lipinski definition) is 1. The smallest absolute Gasteiger partial charge is 0.133 e. The maximum absolute atomic E-state index is 8.18. The van der Waals surface area contributed by atoms with Crippen LogP contribution in [0.2, 0.25) is 0 Å².